The number of hydrogen-bond acceptors (Lipinski definition) is 5. The van der Waals surface area contributed by atoms with Crippen LogP contribution in [0.2, 0.25) is 0 Å². The van der Waals surface area contributed by atoms with Crippen LogP contribution >= 0.6 is 0 Å². The van der Waals surface area contributed by atoms with Crippen LogP contribution in [0.5, 0.6) is 0 Å². The van der Waals surface area contributed by atoms with Gasteiger partial charge in [0, 0.05) is 32.7 Å². The number of anilines is 2. The quantitative estimate of drug-likeness (QED) is 0.796. The van der Waals surface area contributed by atoms with E-state index < -0.39 is 0 Å². The minimum Gasteiger partial charge on any atom is -0.354 e. The van der Waals surface area contributed by atoms with Gasteiger partial charge in [0.15, 0.2) is 0 Å². The lowest BCUT2D eigenvalue weighted by atomic mass is 10.1. The molecule has 0 bridgehead atoms. The Labute approximate surface area is 107 Å². The monoisotopic (exact) mass is 248 g/mol. The molecule has 18 heavy (non-hydrogen) atoms. The van der Waals surface area contributed by atoms with Crippen LogP contribution in [0.25, 0.3) is 0 Å². The van der Waals surface area contributed by atoms with E-state index in [9.17, 15) is 0 Å². The highest BCUT2D eigenvalue weighted by molar-refractivity contribution is 5.40. The summed E-state index contributed by atoms with van der Waals surface area (Å²) < 4.78 is 2.15. The van der Waals surface area contributed by atoms with Gasteiger partial charge in [0.25, 0.3) is 0 Å². The Morgan fingerprint density at radius 2 is 1.89 bits per heavy atom. The first-order valence-corrected chi connectivity index (χ1v) is 7.08. The molecule has 2 aliphatic heterocycles. The SMILES string of the molecule is C1CN(c2nc3n(n2)C(C2CC2)CCN3)CCN1. The van der Waals surface area contributed by atoms with Gasteiger partial charge in [-0.15, -0.1) is 5.10 Å². The molecule has 2 fully saturated rings. The number of rotatable bonds is 2. The van der Waals surface area contributed by atoms with Crippen LogP contribution in [-0.4, -0.2) is 47.5 Å². The molecule has 0 amide bonds. The van der Waals surface area contributed by atoms with E-state index in [0.717, 1.165) is 50.5 Å². The van der Waals surface area contributed by atoms with Crippen LogP contribution in [0.3, 0.4) is 0 Å². The fourth-order valence-corrected chi connectivity index (χ4v) is 3.03. The zero-order valence-corrected chi connectivity index (χ0v) is 10.6. The Kier molecular flexibility index (Phi) is 2.43. The molecule has 6 nitrogen and oxygen atoms in total. The van der Waals surface area contributed by atoms with E-state index in [0.29, 0.717) is 6.04 Å². The summed E-state index contributed by atoms with van der Waals surface area (Å²) in [4.78, 5) is 6.96. The molecular formula is C12H20N6. The van der Waals surface area contributed by atoms with E-state index in [1.54, 1.807) is 0 Å². The molecule has 3 heterocycles. The van der Waals surface area contributed by atoms with Crippen molar-refractivity contribution in [2.75, 3.05) is 42.9 Å². The number of aromatic nitrogens is 3. The lowest BCUT2D eigenvalue weighted by Crippen LogP contribution is -2.44. The summed E-state index contributed by atoms with van der Waals surface area (Å²) in [5.74, 6) is 2.74. The minimum absolute atomic E-state index is 0.588. The number of nitrogens with zero attached hydrogens (tertiary/aromatic N) is 4. The average molecular weight is 248 g/mol. The topological polar surface area (TPSA) is 58.0 Å². The summed E-state index contributed by atoms with van der Waals surface area (Å²) in [6, 6.07) is 0.588. The van der Waals surface area contributed by atoms with Gasteiger partial charge >= 0.3 is 0 Å². The molecule has 0 aromatic carbocycles. The zero-order chi connectivity index (χ0) is 11.9. The molecule has 1 atom stereocenters. The summed E-state index contributed by atoms with van der Waals surface area (Å²) >= 11 is 0. The molecule has 4 rings (SSSR count). The maximum atomic E-state index is 4.76. The molecule has 1 saturated heterocycles. The predicted octanol–water partition coefficient (Wildman–Crippen LogP) is 0.454. The molecule has 1 unspecified atom stereocenters. The third-order valence-electron chi connectivity index (χ3n) is 4.22. The van der Waals surface area contributed by atoms with Gasteiger partial charge in [-0.2, -0.15) is 4.98 Å². The van der Waals surface area contributed by atoms with Crippen molar-refractivity contribution in [1.82, 2.24) is 20.1 Å². The van der Waals surface area contributed by atoms with E-state index in [1.165, 1.54) is 19.3 Å². The van der Waals surface area contributed by atoms with Crippen molar-refractivity contribution in [1.29, 1.82) is 0 Å². The molecular weight excluding hydrogens is 228 g/mol. The normalized spacial score (nSPS) is 27.8. The lowest BCUT2D eigenvalue weighted by Gasteiger charge is -2.26. The molecule has 98 valence electrons. The van der Waals surface area contributed by atoms with E-state index in [1.807, 2.05) is 0 Å². The van der Waals surface area contributed by atoms with Crippen LogP contribution in [0.15, 0.2) is 0 Å². The molecule has 3 aliphatic rings. The Balaban J connectivity index is 1.61. The second-order valence-electron chi connectivity index (χ2n) is 5.54. The predicted molar refractivity (Wildman–Crippen MR) is 70.0 cm³/mol. The van der Waals surface area contributed by atoms with E-state index in [-0.39, 0.29) is 0 Å². The Bertz CT molecular complexity index is 432. The summed E-state index contributed by atoms with van der Waals surface area (Å²) in [7, 11) is 0. The first-order valence-electron chi connectivity index (χ1n) is 7.08. The van der Waals surface area contributed by atoms with E-state index >= 15 is 0 Å². The highest BCUT2D eigenvalue weighted by atomic mass is 15.5. The summed E-state index contributed by atoms with van der Waals surface area (Å²) in [5.41, 5.74) is 0. The number of piperazine rings is 1. The molecule has 0 radical (unpaired) electrons. The third kappa shape index (κ3) is 1.75. The van der Waals surface area contributed by atoms with Crippen molar-refractivity contribution in [3.8, 4) is 0 Å². The fourth-order valence-electron chi connectivity index (χ4n) is 3.03. The van der Waals surface area contributed by atoms with Crippen LogP contribution < -0.4 is 15.5 Å². The van der Waals surface area contributed by atoms with Crippen LogP contribution in [0, 0.1) is 5.92 Å². The average Bonchev–Trinajstić information content (AvgIpc) is 3.17. The van der Waals surface area contributed by atoms with Crippen LogP contribution in [0.4, 0.5) is 11.9 Å². The number of nitrogens with one attached hydrogen (secondary N) is 2. The Morgan fingerprint density at radius 3 is 2.67 bits per heavy atom. The highest BCUT2D eigenvalue weighted by Crippen LogP contribution is 2.43. The van der Waals surface area contributed by atoms with Crippen molar-refractivity contribution in [2.24, 2.45) is 5.92 Å². The van der Waals surface area contributed by atoms with Crippen molar-refractivity contribution in [2.45, 2.75) is 25.3 Å². The van der Waals surface area contributed by atoms with E-state index in [2.05, 4.69) is 25.2 Å². The number of fused-ring (bicyclic) bond motifs is 1. The van der Waals surface area contributed by atoms with Gasteiger partial charge in [-0.3, -0.25) is 0 Å². The van der Waals surface area contributed by atoms with Gasteiger partial charge in [0.1, 0.15) is 0 Å². The Hall–Kier alpha value is -1.30. The minimum atomic E-state index is 0.588. The largest absolute Gasteiger partial charge is 0.354 e. The maximum Gasteiger partial charge on any atom is 0.246 e. The van der Waals surface area contributed by atoms with Crippen LogP contribution in [0.1, 0.15) is 25.3 Å². The molecule has 1 aromatic heterocycles. The molecule has 1 aliphatic carbocycles. The van der Waals surface area contributed by atoms with Gasteiger partial charge in [0.2, 0.25) is 11.9 Å². The van der Waals surface area contributed by atoms with Gasteiger partial charge in [-0.05, 0) is 25.2 Å². The molecule has 6 heteroatoms. The van der Waals surface area contributed by atoms with Gasteiger partial charge in [-0.1, -0.05) is 0 Å². The van der Waals surface area contributed by atoms with Crippen molar-refractivity contribution in [3.63, 3.8) is 0 Å². The van der Waals surface area contributed by atoms with Crippen molar-refractivity contribution in [3.05, 3.63) is 0 Å². The summed E-state index contributed by atoms with van der Waals surface area (Å²) in [6.07, 6.45) is 3.93. The highest BCUT2D eigenvalue weighted by Gasteiger charge is 2.36. The third-order valence-corrected chi connectivity index (χ3v) is 4.22. The lowest BCUT2D eigenvalue weighted by molar-refractivity contribution is 0.374. The summed E-state index contributed by atoms with van der Waals surface area (Å²) in [5, 5.41) is 11.5. The first-order chi connectivity index (χ1) is 8.92. The smallest absolute Gasteiger partial charge is 0.246 e. The Morgan fingerprint density at radius 1 is 1.06 bits per heavy atom. The molecule has 0 spiro atoms. The second-order valence-corrected chi connectivity index (χ2v) is 5.54. The zero-order valence-electron chi connectivity index (χ0n) is 10.6. The maximum absolute atomic E-state index is 4.76. The standard InChI is InChI=1S/C12H20N6/c1-2-9(1)10-3-4-14-11-15-12(16-18(10)11)17-7-5-13-6-8-17/h9-10,13H,1-8H2,(H,14,15,16). The second kappa shape index (κ2) is 4.12. The van der Waals surface area contributed by atoms with Gasteiger partial charge < -0.3 is 15.5 Å². The van der Waals surface area contributed by atoms with E-state index in [4.69, 9.17) is 5.10 Å². The van der Waals surface area contributed by atoms with Gasteiger partial charge in [-0.25, -0.2) is 4.68 Å². The first kappa shape index (κ1) is 10.6. The molecule has 1 aromatic rings. The number of hydrogen-bond donors (Lipinski definition) is 2. The fraction of sp³-hybridized carbons (Fsp3) is 0.833. The molecule has 2 N–H and O–H groups in total. The summed E-state index contributed by atoms with van der Waals surface area (Å²) in [6.45, 7) is 5.13. The van der Waals surface area contributed by atoms with Gasteiger partial charge in [0.05, 0.1) is 6.04 Å². The van der Waals surface area contributed by atoms with Crippen LogP contribution in [-0.2, 0) is 0 Å². The molecule has 1 saturated carbocycles. The van der Waals surface area contributed by atoms with Crippen molar-refractivity contribution >= 4 is 11.9 Å². The van der Waals surface area contributed by atoms with Crippen molar-refractivity contribution < 1.29 is 0 Å².